The van der Waals surface area contributed by atoms with Crippen LogP contribution < -0.4 is 10.6 Å². The van der Waals surface area contributed by atoms with Gasteiger partial charge in [0.25, 0.3) is 0 Å². The molecule has 0 atom stereocenters. The van der Waals surface area contributed by atoms with Crippen molar-refractivity contribution >= 4 is 17.3 Å². The molecule has 1 amide bonds. The number of para-hydroxylation sites is 1. The zero-order chi connectivity index (χ0) is 17.0. The van der Waals surface area contributed by atoms with E-state index in [-0.39, 0.29) is 12.0 Å². The number of benzene rings is 2. The zero-order valence-electron chi connectivity index (χ0n) is 13.4. The van der Waals surface area contributed by atoms with Crippen LogP contribution in [0.3, 0.4) is 0 Å². The molecule has 0 heterocycles. The lowest BCUT2D eigenvalue weighted by Crippen LogP contribution is -2.23. The van der Waals surface area contributed by atoms with Crippen molar-refractivity contribution in [2.45, 2.75) is 26.2 Å². The summed E-state index contributed by atoms with van der Waals surface area (Å²) in [5, 5.41) is 5.16. The van der Waals surface area contributed by atoms with Crippen LogP contribution in [0.15, 0.2) is 42.5 Å². The van der Waals surface area contributed by atoms with Crippen LogP contribution in [0.5, 0.6) is 0 Å². The Morgan fingerprint density at radius 2 is 1.57 bits per heavy atom. The second-order valence-electron chi connectivity index (χ2n) is 6.33. The fourth-order valence-corrected chi connectivity index (χ4v) is 2.07. The lowest BCUT2D eigenvalue weighted by molar-refractivity contribution is -0.114. The van der Waals surface area contributed by atoms with Crippen LogP contribution in [0, 0.1) is 11.6 Å². The van der Waals surface area contributed by atoms with Gasteiger partial charge >= 0.3 is 0 Å². The van der Waals surface area contributed by atoms with E-state index in [1.54, 1.807) is 0 Å². The average molecular weight is 318 g/mol. The van der Waals surface area contributed by atoms with Gasteiger partial charge in [-0.2, -0.15) is 0 Å². The molecule has 0 unspecified atom stereocenters. The minimum absolute atomic E-state index is 0.0538. The predicted molar refractivity (Wildman–Crippen MR) is 88.6 cm³/mol. The quantitative estimate of drug-likeness (QED) is 0.882. The molecule has 0 spiro atoms. The number of amides is 1. The van der Waals surface area contributed by atoms with E-state index in [0.717, 1.165) is 17.8 Å². The van der Waals surface area contributed by atoms with Gasteiger partial charge in [0, 0.05) is 5.69 Å². The highest BCUT2D eigenvalue weighted by Crippen LogP contribution is 2.23. The molecule has 0 aliphatic carbocycles. The summed E-state index contributed by atoms with van der Waals surface area (Å²) in [5.41, 5.74) is 1.57. The molecule has 3 nitrogen and oxygen atoms in total. The maximum atomic E-state index is 13.5. The Hall–Kier alpha value is -2.43. The number of carbonyl (C=O) groups is 1. The van der Waals surface area contributed by atoms with Gasteiger partial charge in [-0.05, 0) is 35.2 Å². The summed E-state index contributed by atoms with van der Waals surface area (Å²) in [5.74, 6) is -2.12. The molecule has 0 aliphatic rings. The Morgan fingerprint density at radius 1 is 1.00 bits per heavy atom. The molecule has 0 aliphatic heterocycles. The van der Waals surface area contributed by atoms with Crippen LogP contribution in [0.4, 0.5) is 20.2 Å². The summed E-state index contributed by atoms with van der Waals surface area (Å²) < 4.78 is 26.9. The van der Waals surface area contributed by atoms with Gasteiger partial charge in [0.1, 0.15) is 17.3 Å². The Bertz CT molecular complexity index is 671. The van der Waals surface area contributed by atoms with Gasteiger partial charge in [-0.3, -0.25) is 4.79 Å². The van der Waals surface area contributed by atoms with E-state index in [2.05, 4.69) is 31.4 Å². The molecule has 0 bridgehead atoms. The summed E-state index contributed by atoms with van der Waals surface area (Å²) in [6, 6.07) is 11.1. The third-order valence-corrected chi connectivity index (χ3v) is 3.43. The summed E-state index contributed by atoms with van der Waals surface area (Å²) >= 11 is 0. The van der Waals surface area contributed by atoms with Crippen LogP contribution in [0.2, 0.25) is 0 Å². The molecule has 2 aromatic rings. The van der Waals surface area contributed by atoms with E-state index in [9.17, 15) is 13.6 Å². The van der Waals surface area contributed by atoms with E-state index in [1.807, 2.05) is 24.3 Å². The molecular formula is C18H20F2N2O. The average Bonchev–Trinajstić information content (AvgIpc) is 2.48. The first-order chi connectivity index (χ1) is 10.8. The molecule has 0 saturated carbocycles. The van der Waals surface area contributed by atoms with Crippen molar-refractivity contribution in [3.8, 4) is 0 Å². The summed E-state index contributed by atoms with van der Waals surface area (Å²) in [6.07, 6.45) is 0. The third kappa shape index (κ3) is 4.52. The van der Waals surface area contributed by atoms with Crippen LogP contribution in [-0.2, 0) is 10.2 Å². The molecule has 0 aromatic heterocycles. The van der Waals surface area contributed by atoms with Gasteiger partial charge in [-0.25, -0.2) is 8.78 Å². The maximum absolute atomic E-state index is 13.5. The second kappa shape index (κ2) is 6.77. The van der Waals surface area contributed by atoms with Gasteiger partial charge in [0.05, 0.1) is 6.54 Å². The fraction of sp³-hybridized carbons (Fsp3) is 0.278. The number of nitrogens with one attached hydrogen (secondary N) is 2. The first-order valence-electron chi connectivity index (χ1n) is 7.35. The highest BCUT2D eigenvalue weighted by molar-refractivity contribution is 5.93. The van der Waals surface area contributed by atoms with Gasteiger partial charge in [0.15, 0.2) is 0 Å². The van der Waals surface area contributed by atoms with Crippen molar-refractivity contribution in [1.82, 2.24) is 0 Å². The molecular weight excluding hydrogens is 298 g/mol. The lowest BCUT2D eigenvalue weighted by Gasteiger charge is -2.19. The Morgan fingerprint density at radius 3 is 2.09 bits per heavy atom. The molecule has 0 radical (unpaired) electrons. The van der Waals surface area contributed by atoms with Crippen LogP contribution in [0.25, 0.3) is 0 Å². The molecule has 2 rings (SSSR count). The molecule has 122 valence electrons. The van der Waals surface area contributed by atoms with Gasteiger partial charge in [-0.15, -0.1) is 0 Å². The summed E-state index contributed by atoms with van der Waals surface area (Å²) in [7, 11) is 0. The Labute approximate surface area is 134 Å². The second-order valence-corrected chi connectivity index (χ2v) is 6.33. The number of rotatable bonds is 4. The predicted octanol–water partition coefficient (Wildman–Crippen LogP) is 4.31. The number of halogens is 2. The van der Waals surface area contributed by atoms with Gasteiger partial charge in [0.2, 0.25) is 5.91 Å². The van der Waals surface area contributed by atoms with Crippen molar-refractivity contribution < 1.29 is 13.6 Å². The molecule has 0 saturated heterocycles. The van der Waals surface area contributed by atoms with E-state index >= 15 is 0 Å². The first kappa shape index (κ1) is 16.9. The van der Waals surface area contributed by atoms with E-state index < -0.39 is 23.2 Å². The van der Waals surface area contributed by atoms with Crippen LogP contribution >= 0.6 is 0 Å². The van der Waals surface area contributed by atoms with Crippen molar-refractivity contribution in [3.05, 3.63) is 59.7 Å². The number of carbonyl (C=O) groups excluding carboxylic acids is 1. The zero-order valence-corrected chi connectivity index (χ0v) is 13.4. The van der Waals surface area contributed by atoms with Crippen LogP contribution in [-0.4, -0.2) is 12.5 Å². The monoisotopic (exact) mass is 318 g/mol. The van der Waals surface area contributed by atoms with Gasteiger partial charge < -0.3 is 10.6 Å². The largest absolute Gasteiger partial charge is 0.376 e. The number of hydrogen-bond acceptors (Lipinski definition) is 2. The topological polar surface area (TPSA) is 41.1 Å². The van der Waals surface area contributed by atoms with E-state index in [0.29, 0.717) is 0 Å². The molecule has 0 fully saturated rings. The fourth-order valence-electron chi connectivity index (χ4n) is 2.07. The Balaban J connectivity index is 1.94. The van der Waals surface area contributed by atoms with E-state index in [1.165, 1.54) is 11.6 Å². The first-order valence-corrected chi connectivity index (χ1v) is 7.35. The maximum Gasteiger partial charge on any atom is 0.243 e. The SMILES string of the molecule is CC(C)(C)c1ccc(NCC(=O)Nc2c(F)cccc2F)cc1. The summed E-state index contributed by atoms with van der Waals surface area (Å²) in [6.45, 7) is 6.27. The normalized spacial score (nSPS) is 11.2. The highest BCUT2D eigenvalue weighted by atomic mass is 19.1. The molecule has 5 heteroatoms. The summed E-state index contributed by atoms with van der Waals surface area (Å²) in [4.78, 5) is 11.8. The number of anilines is 2. The minimum atomic E-state index is -0.798. The van der Waals surface area contributed by atoms with Crippen molar-refractivity contribution in [2.24, 2.45) is 0 Å². The molecule has 23 heavy (non-hydrogen) atoms. The van der Waals surface area contributed by atoms with Crippen molar-refractivity contribution in [3.63, 3.8) is 0 Å². The standard InChI is InChI=1S/C18H20F2N2O/c1-18(2,3)12-7-9-13(10-8-12)21-11-16(23)22-17-14(19)5-4-6-15(17)20/h4-10,21H,11H2,1-3H3,(H,22,23). The van der Waals surface area contributed by atoms with Crippen LogP contribution in [0.1, 0.15) is 26.3 Å². The van der Waals surface area contributed by atoms with Gasteiger partial charge in [-0.1, -0.05) is 39.0 Å². The van der Waals surface area contributed by atoms with E-state index in [4.69, 9.17) is 0 Å². The molecule has 2 N–H and O–H groups in total. The Kier molecular flexibility index (Phi) is 4.98. The lowest BCUT2D eigenvalue weighted by atomic mass is 9.87. The highest BCUT2D eigenvalue weighted by Gasteiger charge is 2.14. The smallest absolute Gasteiger partial charge is 0.243 e. The molecule has 2 aromatic carbocycles. The third-order valence-electron chi connectivity index (χ3n) is 3.43. The number of hydrogen-bond donors (Lipinski definition) is 2. The van der Waals surface area contributed by atoms with Crippen molar-refractivity contribution in [1.29, 1.82) is 0 Å². The van der Waals surface area contributed by atoms with Crippen molar-refractivity contribution in [2.75, 3.05) is 17.2 Å². The minimum Gasteiger partial charge on any atom is -0.376 e.